The fourth-order valence-corrected chi connectivity index (χ4v) is 7.37. The van der Waals surface area contributed by atoms with Crippen LogP contribution in [0, 0.1) is 23.7 Å². The van der Waals surface area contributed by atoms with Crippen molar-refractivity contribution in [2.75, 3.05) is 34.9 Å². The first kappa shape index (κ1) is 45.5. The quantitative estimate of drug-likeness (QED) is 0.148. The predicted molar refractivity (Wildman–Crippen MR) is 201 cm³/mol. The second kappa shape index (κ2) is 21.3. The molecule has 4 amide bonds. The standard InChI is InChI=1S/C39H64FN5O8/c1-12-24(6)34(44(9)38(49)33(23(4)5)43-37(48)32(41-8)22(2)3)30(52-10)20-31(46)45-21-27(40)19-29(45)35(53-11)25(7)36(47)42-28(39(50)51)18-26-16-14-13-15-17-26/h13-17,22-25,27-30,32-35,41H,12,18-21H2,1-11H3,(H,42,47)(H,43,48)(H,50,51)/t24-,25+,27-,28-,29-,30?,32?,33-,34?,35+/m0/s1. The smallest absolute Gasteiger partial charge is 0.326 e. The molecule has 53 heavy (non-hydrogen) atoms. The summed E-state index contributed by atoms with van der Waals surface area (Å²) in [6, 6.07) is 4.99. The van der Waals surface area contributed by atoms with Crippen molar-refractivity contribution in [3.05, 3.63) is 35.9 Å². The van der Waals surface area contributed by atoms with Gasteiger partial charge in [0.1, 0.15) is 18.3 Å². The van der Waals surface area contributed by atoms with E-state index in [1.54, 1.807) is 50.2 Å². The Balaban J connectivity index is 2.31. The molecule has 1 heterocycles. The molecule has 1 aliphatic rings. The van der Waals surface area contributed by atoms with Crippen molar-refractivity contribution in [3.63, 3.8) is 0 Å². The summed E-state index contributed by atoms with van der Waals surface area (Å²) in [7, 11) is 6.19. The zero-order valence-corrected chi connectivity index (χ0v) is 33.4. The van der Waals surface area contributed by atoms with E-state index >= 15 is 4.39 Å². The molecule has 300 valence electrons. The molecule has 4 N–H and O–H groups in total. The lowest BCUT2D eigenvalue weighted by molar-refractivity contribution is -0.148. The first-order valence-electron chi connectivity index (χ1n) is 18.7. The number of amides is 4. The van der Waals surface area contributed by atoms with E-state index < -0.39 is 72.3 Å². The van der Waals surface area contributed by atoms with E-state index in [0.717, 1.165) is 5.56 Å². The predicted octanol–water partition coefficient (Wildman–Crippen LogP) is 3.05. The van der Waals surface area contributed by atoms with Crippen molar-refractivity contribution in [3.8, 4) is 0 Å². The molecule has 2 rings (SSSR count). The molecular formula is C39H64FN5O8. The summed E-state index contributed by atoms with van der Waals surface area (Å²) in [6.07, 6.45) is -2.63. The molecule has 14 heteroatoms. The summed E-state index contributed by atoms with van der Waals surface area (Å²) in [5.74, 6) is -4.12. The van der Waals surface area contributed by atoms with Crippen molar-refractivity contribution in [1.29, 1.82) is 0 Å². The molecule has 1 fully saturated rings. The van der Waals surface area contributed by atoms with Gasteiger partial charge in [0, 0.05) is 34.1 Å². The minimum atomic E-state index is -1.37. The molecule has 1 aromatic carbocycles. The maximum Gasteiger partial charge on any atom is 0.326 e. The molecule has 3 unspecified atom stereocenters. The van der Waals surface area contributed by atoms with Crippen LogP contribution >= 0.6 is 0 Å². The summed E-state index contributed by atoms with van der Waals surface area (Å²) < 4.78 is 26.8. The van der Waals surface area contributed by atoms with Gasteiger partial charge in [-0.1, -0.05) is 85.2 Å². The van der Waals surface area contributed by atoms with Gasteiger partial charge in [-0.05, 0) is 30.4 Å². The van der Waals surface area contributed by atoms with E-state index in [0.29, 0.717) is 6.42 Å². The van der Waals surface area contributed by atoms with E-state index in [9.17, 15) is 29.1 Å². The van der Waals surface area contributed by atoms with Gasteiger partial charge in [-0.25, -0.2) is 9.18 Å². The molecule has 0 radical (unpaired) electrons. The third kappa shape index (κ3) is 12.2. The third-order valence-electron chi connectivity index (χ3n) is 10.6. The number of carbonyl (C=O) groups excluding carboxylic acids is 4. The number of likely N-dealkylation sites (tertiary alicyclic amines) is 1. The molecule has 0 aromatic heterocycles. The fraction of sp³-hybridized carbons (Fsp3) is 0.718. The number of hydrogen-bond donors (Lipinski definition) is 4. The normalized spacial score (nSPS) is 20.5. The highest BCUT2D eigenvalue weighted by Crippen LogP contribution is 2.31. The first-order valence-corrected chi connectivity index (χ1v) is 18.7. The first-order chi connectivity index (χ1) is 24.9. The second-order valence-electron chi connectivity index (χ2n) is 15.1. The molecular weight excluding hydrogens is 685 g/mol. The number of halogens is 1. The average Bonchev–Trinajstić information content (AvgIpc) is 3.50. The molecule has 1 saturated heterocycles. The van der Waals surface area contributed by atoms with Crippen molar-refractivity contribution >= 4 is 29.6 Å². The Morgan fingerprint density at radius 2 is 1.55 bits per heavy atom. The number of carboxylic acid groups (broad SMARTS) is 1. The Hall–Kier alpha value is -3.62. The van der Waals surface area contributed by atoms with Crippen molar-refractivity contribution in [2.45, 2.75) is 123 Å². The lowest BCUT2D eigenvalue weighted by Crippen LogP contribution is -2.59. The number of aliphatic carboxylic acids is 1. The van der Waals surface area contributed by atoms with E-state index in [-0.39, 0.29) is 55.4 Å². The molecule has 13 nitrogen and oxygen atoms in total. The van der Waals surface area contributed by atoms with Gasteiger partial charge in [0.25, 0.3) is 0 Å². The zero-order valence-electron chi connectivity index (χ0n) is 33.4. The molecule has 10 atom stereocenters. The van der Waals surface area contributed by atoms with Crippen LogP contribution < -0.4 is 16.0 Å². The summed E-state index contributed by atoms with van der Waals surface area (Å²) in [4.78, 5) is 69.8. The van der Waals surface area contributed by atoms with E-state index in [2.05, 4.69) is 16.0 Å². The minimum absolute atomic E-state index is 0.00732. The van der Waals surface area contributed by atoms with Crippen LogP contribution in [0.25, 0.3) is 0 Å². The second-order valence-corrected chi connectivity index (χ2v) is 15.1. The number of rotatable bonds is 21. The van der Waals surface area contributed by atoms with Gasteiger partial charge >= 0.3 is 5.97 Å². The summed E-state index contributed by atoms with van der Waals surface area (Å²) >= 11 is 0. The van der Waals surface area contributed by atoms with Crippen LogP contribution in [0.5, 0.6) is 0 Å². The number of nitrogens with zero attached hydrogens (tertiary/aromatic N) is 2. The van der Waals surface area contributed by atoms with Crippen LogP contribution in [-0.4, -0.2) is 128 Å². The lowest BCUT2D eigenvalue weighted by atomic mass is 9.89. The number of ether oxygens (including phenoxy) is 2. The van der Waals surface area contributed by atoms with Gasteiger partial charge in [0.05, 0.1) is 49.2 Å². The Labute approximate surface area is 315 Å². The van der Waals surface area contributed by atoms with Crippen molar-refractivity contribution < 1.29 is 42.9 Å². The van der Waals surface area contributed by atoms with Crippen LogP contribution in [0.1, 0.15) is 73.3 Å². The largest absolute Gasteiger partial charge is 0.480 e. The molecule has 1 aliphatic heterocycles. The van der Waals surface area contributed by atoms with Gasteiger partial charge < -0.3 is 40.3 Å². The molecule has 0 bridgehead atoms. The Morgan fingerprint density at radius 3 is 2.04 bits per heavy atom. The van der Waals surface area contributed by atoms with E-state index in [1.165, 1.54) is 19.1 Å². The Kier molecular flexibility index (Phi) is 18.3. The van der Waals surface area contributed by atoms with Crippen LogP contribution in [0.2, 0.25) is 0 Å². The monoisotopic (exact) mass is 749 g/mol. The lowest BCUT2D eigenvalue weighted by Gasteiger charge is -2.41. The molecule has 1 aromatic rings. The highest BCUT2D eigenvalue weighted by atomic mass is 19.1. The topological polar surface area (TPSA) is 167 Å². The summed E-state index contributed by atoms with van der Waals surface area (Å²) in [5.41, 5.74) is 0.734. The Bertz CT molecular complexity index is 1350. The number of nitrogens with one attached hydrogen (secondary N) is 3. The highest BCUT2D eigenvalue weighted by Gasteiger charge is 2.46. The minimum Gasteiger partial charge on any atom is -0.480 e. The molecule has 0 spiro atoms. The highest BCUT2D eigenvalue weighted by molar-refractivity contribution is 5.90. The number of methoxy groups -OCH3 is 2. The number of likely N-dealkylation sites (N-methyl/N-ethyl adjacent to an activating group) is 2. The zero-order chi connectivity index (χ0) is 40.2. The van der Waals surface area contributed by atoms with Gasteiger partial charge in [0.2, 0.25) is 23.6 Å². The molecule has 0 saturated carbocycles. The third-order valence-corrected chi connectivity index (χ3v) is 10.6. The van der Waals surface area contributed by atoms with E-state index in [1.807, 2.05) is 47.6 Å². The number of carbonyl (C=O) groups is 5. The summed E-state index contributed by atoms with van der Waals surface area (Å²) in [5, 5.41) is 18.4. The van der Waals surface area contributed by atoms with Gasteiger partial charge in [-0.3, -0.25) is 19.2 Å². The summed E-state index contributed by atoms with van der Waals surface area (Å²) in [6.45, 7) is 12.8. The average molecular weight is 750 g/mol. The van der Waals surface area contributed by atoms with Crippen molar-refractivity contribution in [2.24, 2.45) is 23.7 Å². The van der Waals surface area contributed by atoms with Gasteiger partial charge in [0.15, 0.2) is 0 Å². The molecule has 0 aliphatic carbocycles. The van der Waals surface area contributed by atoms with E-state index in [4.69, 9.17) is 9.47 Å². The van der Waals surface area contributed by atoms with Crippen LogP contribution in [0.3, 0.4) is 0 Å². The van der Waals surface area contributed by atoms with Crippen LogP contribution in [0.15, 0.2) is 30.3 Å². The number of carboxylic acids is 1. The number of benzene rings is 1. The van der Waals surface area contributed by atoms with Crippen molar-refractivity contribution in [1.82, 2.24) is 25.8 Å². The van der Waals surface area contributed by atoms with Gasteiger partial charge in [-0.2, -0.15) is 0 Å². The number of hydrogen-bond acceptors (Lipinski definition) is 8. The van der Waals surface area contributed by atoms with Crippen LogP contribution in [0.4, 0.5) is 4.39 Å². The van der Waals surface area contributed by atoms with Gasteiger partial charge in [-0.15, -0.1) is 0 Å². The fourth-order valence-electron chi connectivity index (χ4n) is 7.37. The Morgan fingerprint density at radius 1 is 0.943 bits per heavy atom. The van der Waals surface area contributed by atoms with Crippen LogP contribution in [-0.2, 0) is 39.9 Å². The SMILES string of the molecule is CC[C@H](C)C(C(CC(=O)N1C[C@@H](F)C[C@H]1[C@H](OC)[C@@H](C)C(=O)N[C@@H](Cc1ccccc1)C(=O)O)OC)N(C)C(=O)[C@@H](NC(=O)C(NC)C(C)C)C(C)C. The maximum atomic E-state index is 15.1. The number of alkyl halides is 1. The maximum absolute atomic E-state index is 15.1.